The number of carbonyl (C=O) groups is 1. The van der Waals surface area contributed by atoms with Gasteiger partial charge in [0.2, 0.25) is 5.91 Å². The van der Waals surface area contributed by atoms with Crippen molar-refractivity contribution in [2.45, 2.75) is 64.9 Å². The SMILES string of the molecule is CCCCCCCCC(=O)NCC(C)O. The molecule has 0 rings (SSSR count). The molecular weight excluding hydrogens is 190 g/mol. The summed E-state index contributed by atoms with van der Waals surface area (Å²) in [5.74, 6) is 0.0615. The molecule has 3 nitrogen and oxygen atoms in total. The first-order valence-electron chi connectivity index (χ1n) is 6.11. The fraction of sp³-hybridized carbons (Fsp3) is 0.917. The summed E-state index contributed by atoms with van der Waals surface area (Å²) < 4.78 is 0. The summed E-state index contributed by atoms with van der Waals surface area (Å²) in [6.45, 7) is 4.24. The van der Waals surface area contributed by atoms with Crippen LogP contribution >= 0.6 is 0 Å². The molecule has 0 saturated carbocycles. The lowest BCUT2D eigenvalue weighted by Crippen LogP contribution is -2.30. The number of carbonyl (C=O) groups excluding carboxylic acids is 1. The van der Waals surface area contributed by atoms with Gasteiger partial charge in [-0.25, -0.2) is 0 Å². The van der Waals surface area contributed by atoms with Crippen molar-refractivity contribution in [2.75, 3.05) is 6.54 Å². The Kier molecular flexibility index (Phi) is 9.59. The third-order valence-electron chi connectivity index (χ3n) is 2.35. The first-order chi connectivity index (χ1) is 7.16. The predicted octanol–water partition coefficient (Wildman–Crippen LogP) is 2.23. The molecule has 0 aromatic carbocycles. The second-order valence-electron chi connectivity index (χ2n) is 4.17. The van der Waals surface area contributed by atoms with E-state index in [4.69, 9.17) is 5.11 Å². The third kappa shape index (κ3) is 11.4. The molecule has 0 aromatic heterocycles. The Labute approximate surface area is 93.3 Å². The zero-order chi connectivity index (χ0) is 11.5. The van der Waals surface area contributed by atoms with E-state index >= 15 is 0 Å². The molecule has 1 amide bonds. The molecule has 2 N–H and O–H groups in total. The van der Waals surface area contributed by atoms with Crippen molar-refractivity contribution >= 4 is 5.91 Å². The zero-order valence-corrected chi connectivity index (χ0v) is 10.1. The van der Waals surface area contributed by atoms with Crippen molar-refractivity contribution in [3.8, 4) is 0 Å². The second kappa shape index (κ2) is 9.97. The number of rotatable bonds is 9. The predicted molar refractivity (Wildman–Crippen MR) is 62.7 cm³/mol. The number of hydrogen-bond donors (Lipinski definition) is 2. The van der Waals surface area contributed by atoms with Gasteiger partial charge in [0, 0.05) is 13.0 Å². The average Bonchev–Trinajstić information content (AvgIpc) is 2.20. The molecule has 0 aliphatic heterocycles. The van der Waals surface area contributed by atoms with E-state index < -0.39 is 6.10 Å². The minimum Gasteiger partial charge on any atom is -0.392 e. The Hall–Kier alpha value is -0.570. The zero-order valence-electron chi connectivity index (χ0n) is 10.1. The number of unbranched alkanes of at least 4 members (excludes halogenated alkanes) is 5. The van der Waals surface area contributed by atoms with Crippen LogP contribution in [0.15, 0.2) is 0 Å². The van der Waals surface area contributed by atoms with Crippen LogP contribution in [0.1, 0.15) is 58.8 Å². The fourth-order valence-electron chi connectivity index (χ4n) is 1.42. The van der Waals surface area contributed by atoms with Gasteiger partial charge in [0.15, 0.2) is 0 Å². The van der Waals surface area contributed by atoms with Crippen LogP contribution < -0.4 is 5.32 Å². The van der Waals surface area contributed by atoms with Crippen LogP contribution in [-0.4, -0.2) is 23.7 Å². The summed E-state index contributed by atoms with van der Waals surface area (Å²) in [5, 5.41) is 11.7. The Morgan fingerprint density at radius 1 is 1.20 bits per heavy atom. The molecule has 1 atom stereocenters. The van der Waals surface area contributed by atoms with E-state index in [1.165, 1.54) is 25.7 Å². The Bertz CT molecular complexity index is 158. The fourth-order valence-corrected chi connectivity index (χ4v) is 1.42. The van der Waals surface area contributed by atoms with E-state index in [0.717, 1.165) is 12.8 Å². The Morgan fingerprint density at radius 2 is 1.80 bits per heavy atom. The van der Waals surface area contributed by atoms with Gasteiger partial charge >= 0.3 is 0 Å². The van der Waals surface area contributed by atoms with Crippen molar-refractivity contribution in [1.82, 2.24) is 5.32 Å². The number of amides is 1. The average molecular weight is 215 g/mol. The summed E-state index contributed by atoms with van der Waals surface area (Å²) in [7, 11) is 0. The van der Waals surface area contributed by atoms with Crippen LogP contribution in [0.25, 0.3) is 0 Å². The van der Waals surface area contributed by atoms with Gasteiger partial charge in [0.1, 0.15) is 0 Å². The first kappa shape index (κ1) is 14.4. The quantitative estimate of drug-likeness (QED) is 0.579. The highest BCUT2D eigenvalue weighted by atomic mass is 16.3. The van der Waals surface area contributed by atoms with Crippen LogP contribution in [0.2, 0.25) is 0 Å². The molecule has 0 heterocycles. The van der Waals surface area contributed by atoms with Gasteiger partial charge in [-0.2, -0.15) is 0 Å². The number of aliphatic hydroxyl groups is 1. The van der Waals surface area contributed by atoms with Crippen molar-refractivity contribution in [1.29, 1.82) is 0 Å². The van der Waals surface area contributed by atoms with E-state index in [1.807, 2.05) is 0 Å². The molecule has 1 unspecified atom stereocenters. The maximum absolute atomic E-state index is 11.2. The molecule has 0 aliphatic rings. The van der Waals surface area contributed by atoms with Gasteiger partial charge in [0.25, 0.3) is 0 Å². The molecule has 0 saturated heterocycles. The number of hydrogen-bond acceptors (Lipinski definition) is 2. The number of aliphatic hydroxyl groups excluding tert-OH is 1. The lowest BCUT2D eigenvalue weighted by Gasteiger charge is -2.06. The highest BCUT2D eigenvalue weighted by molar-refractivity contribution is 5.75. The third-order valence-corrected chi connectivity index (χ3v) is 2.35. The van der Waals surface area contributed by atoms with Crippen LogP contribution in [0.5, 0.6) is 0 Å². The van der Waals surface area contributed by atoms with Gasteiger partial charge < -0.3 is 10.4 Å². The monoisotopic (exact) mass is 215 g/mol. The molecule has 0 radical (unpaired) electrons. The Morgan fingerprint density at radius 3 is 2.40 bits per heavy atom. The van der Waals surface area contributed by atoms with Crippen LogP contribution in [0.3, 0.4) is 0 Å². The van der Waals surface area contributed by atoms with Crippen LogP contribution in [0, 0.1) is 0 Å². The minimum absolute atomic E-state index is 0.0615. The standard InChI is InChI=1S/C12H25NO2/c1-3-4-5-6-7-8-9-12(15)13-10-11(2)14/h11,14H,3-10H2,1-2H3,(H,13,15). The van der Waals surface area contributed by atoms with Gasteiger partial charge in [-0.05, 0) is 13.3 Å². The molecule has 0 aliphatic carbocycles. The summed E-state index contributed by atoms with van der Waals surface area (Å²) >= 11 is 0. The van der Waals surface area contributed by atoms with E-state index in [2.05, 4.69) is 12.2 Å². The molecule has 90 valence electrons. The van der Waals surface area contributed by atoms with Crippen LogP contribution in [-0.2, 0) is 4.79 Å². The lowest BCUT2D eigenvalue weighted by molar-refractivity contribution is -0.121. The molecule has 0 bridgehead atoms. The van der Waals surface area contributed by atoms with Gasteiger partial charge in [0.05, 0.1) is 6.10 Å². The van der Waals surface area contributed by atoms with Crippen molar-refractivity contribution in [2.24, 2.45) is 0 Å². The van der Waals surface area contributed by atoms with Crippen molar-refractivity contribution in [3.05, 3.63) is 0 Å². The molecule has 0 spiro atoms. The minimum atomic E-state index is -0.446. The normalized spacial score (nSPS) is 12.5. The largest absolute Gasteiger partial charge is 0.392 e. The summed E-state index contributed by atoms with van der Waals surface area (Å²) in [6, 6.07) is 0. The Balaban J connectivity index is 3.17. The van der Waals surface area contributed by atoms with Crippen LogP contribution in [0.4, 0.5) is 0 Å². The first-order valence-corrected chi connectivity index (χ1v) is 6.11. The second-order valence-corrected chi connectivity index (χ2v) is 4.17. The molecular formula is C12H25NO2. The highest BCUT2D eigenvalue weighted by Crippen LogP contribution is 2.06. The highest BCUT2D eigenvalue weighted by Gasteiger charge is 2.02. The number of nitrogens with one attached hydrogen (secondary N) is 1. The van der Waals surface area contributed by atoms with E-state index in [0.29, 0.717) is 13.0 Å². The van der Waals surface area contributed by atoms with Crippen molar-refractivity contribution < 1.29 is 9.90 Å². The van der Waals surface area contributed by atoms with Gasteiger partial charge in [-0.1, -0.05) is 39.0 Å². The molecule has 3 heteroatoms. The maximum atomic E-state index is 11.2. The summed E-state index contributed by atoms with van der Waals surface area (Å²) in [4.78, 5) is 11.2. The van der Waals surface area contributed by atoms with E-state index in [-0.39, 0.29) is 5.91 Å². The summed E-state index contributed by atoms with van der Waals surface area (Å²) in [5.41, 5.74) is 0. The van der Waals surface area contributed by atoms with Crippen molar-refractivity contribution in [3.63, 3.8) is 0 Å². The van der Waals surface area contributed by atoms with Gasteiger partial charge in [-0.15, -0.1) is 0 Å². The van der Waals surface area contributed by atoms with E-state index in [1.54, 1.807) is 6.92 Å². The maximum Gasteiger partial charge on any atom is 0.220 e. The topological polar surface area (TPSA) is 49.3 Å². The molecule has 15 heavy (non-hydrogen) atoms. The molecule has 0 aromatic rings. The van der Waals surface area contributed by atoms with Gasteiger partial charge in [-0.3, -0.25) is 4.79 Å². The summed E-state index contributed by atoms with van der Waals surface area (Å²) in [6.07, 6.45) is 7.33. The molecule has 0 fully saturated rings. The lowest BCUT2D eigenvalue weighted by atomic mass is 10.1. The van der Waals surface area contributed by atoms with E-state index in [9.17, 15) is 4.79 Å². The smallest absolute Gasteiger partial charge is 0.220 e.